The van der Waals surface area contributed by atoms with Crippen LogP contribution in [0, 0.1) is 29.6 Å². The first-order valence-corrected chi connectivity index (χ1v) is 15.9. The SMILES string of the molecule is COCCCCc1ccccc1[C@H]1CC[C@H](CCC2CCC([C@H]3CC[C@H](CCCF)CC3)CC2)CC1. The van der Waals surface area contributed by atoms with E-state index in [9.17, 15) is 4.39 Å². The number of methoxy groups -OCH3 is 1. The predicted molar refractivity (Wildman–Crippen MR) is 151 cm³/mol. The first-order valence-electron chi connectivity index (χ1n) is 15.9. The molecule has 3 aliphatic rings. The summed E-state index contributed by atoms with van der Waals surface area (Å²) in [4.78, 5) is 0. The van der Waals surface area contributed by atoms with Crippen LogP contribution in [0.15, 0.2) is 24.3 Å². The van der Waals surface area contributed by atoms with E-state index in [0.717, 1.165) is 55.0 Å². The minimum Gasteiger partial charge on any atom is -0.385 e. The van der Waals surface area contributed by atoms with Crippen LogP contribution in [0.5, 0.6) is 0 Å². The Kier molecular flexibility index (Phi) is 12.1. The molecule has 0 saturated heterocycles. The second kappa shape index (κ2) is 15.5. The van der Waals surface area contributed by atoms with Gasteiger partial charge in [0.25, 0.3) is 0 Å². The molecule has 0 N–H and O–H groups in total. The molecule has 2 heteroatoms. The molecule has 0 heterocycles. The third-order valence-electron chi connectivity index (χ3n) is 10.6. The van der Waals surface area contributed by atoms with Crippen LogP contribution >= 0.6 is 0 Å². The summed E-state index contributed by atoms with van der Waals surface area (Å²) in [6.45, 7) is 0.771. The molecule has 3 fully saturated rings. The molecule has 0 bridgehead atoms. The molecule has 3 aliphatic carbocycles. The van der Waals surface area contributed by atoms with Gasteiger partial charge in [-0.1, -0.05) is 62.8 Å². The van der Waals surface area contributed by atoms with E-state index in [4.69, 9.17) is 4.74 Å². The molecule has 1 aromatic rings. The van der Waals surface area contributed by atoms with E-state index >= 15 is 0 Å². The lowest BCUT2D eigenvalue weighted by Gasteiger charge is -2.38. The van der Waals surface area contributed by atoms with Gasteiger partial charge < -0.3 is 4.74 Å². The first-order chi connectivity index (χ1) is 17.8. The highest BCUT2D eigenvalue weighted by Crippen LogP contribution is 2.44. The summed E-state index contributed by atoms with van der Waals surface area (Å²) >= 11 is 0. The molecule has 36 heavy (non-hydrogen) atoms. The van der Waals surface area contributed by atoms with Crippen LogP contribution in [-0.4, -0.2) is 20.4 Å². The molecule has 204 valence electrons. The summed E-state index contributed by atoms with van der Waals surface area (Å²) < 4.78 is 17.7. The fraction of sp³-hybridized carbons (Fsp3) is 0.824. The highest BCUT2D eigenvalue weighted by atomic mass is 19.1. The Morgan fingerprint density at radius 2 is 1.22 bits per heavy atom. The number of halogens is 1. The van der Waals surface area contributed by atoms with Crippen LogP contribution in [0.25, 0.3) is 0 Å². The predicted octanol–water partition coefficient (Wildman–Crippen LogP) is 10.1. The van der Waals surface area contributed by atoms with Gasteiger partial charge in [-0.25, -0.2) is 0 Å². The van der Waals surface area contributed by atoms with Crippen LogP contribution in [0.1, 0.15) is 133 Å². The van der Waals surface area contributed by atoms with Crippen molar-refractivity contribution in [2.45, 2.75) is 128 Å². The Balaban J connectivity index is 1.11. The lowest BCUT2D eigenvalue weighted by atomic mass is 9.68. The summed E-state index contributed by atoms with van der Waals surface area (Å²) in [6.07, 6.45) is 25.9. The molecule has 1 nitrogen and oxygen atoms in total. The number of benzene rings is 1. The number of alkyl halides is 1. The lowest BCUT2D eigenvalue weighted by molar-refractivity contribution is 0.136. The first kappa shape index (κ1) is 28.1. The summed E-state index contributed by atoms with van der Waals surface area (Å²) in [6, 6.07) is 9.29. The van der Waals surface area contributed by atoms with Gasteiger partial charge in [0.2, 0.25) is 0 Å². The minimum atomic E-state index is -0.116. The van der Waals surface area contributed by atoms with Gasteiger partial charge in [0.1, 0.15) is 0 Å². The zero-order valence-electron chi connectivity index (χ0n) is 23.4. The van der Waals surface area contributed by atoms with E-state index in [-0.39, 0.29) is 6.67 Å². The molecular formula is C34H55FO. The largest absolute Gasteiger partial charge is 0.385 e. The van der Waals surface area contributed by atoms with Crippen LogP contribution in [0.2, 0.25) is 0 Å². The quantitative estimate of drug-likeness (QED) is 0.246. The second-order valence-corrected chi connectivity index (χ2v) is 12.8. The van der Waals surface area contributed by atoms with Crippen molar-refractivity contribution in [1.29, 1.82) is 0 Å². The number of ether oxygens (including phenoxy) is 1. The third-order valence-corrected chi connectivity index (χ3v) is 10.6. The summed E-state index contributed by atoms with van der Waals surface area (Å²) in [5, 5.41) is 0. The van der Waals surface area contributed by atoms with E-state index in [1.165, 1.54) is 109 Å². The maximum absolute atomic E-state index is 12.5. The second-order valence-electron chi connectivity index (χ2n) is 12.8. The lowest BCUT2D eigenvalue weighted by Crippen LogP contribution is -2.26. The zero-order valence-corrected chi connectivity index (χ0v) is 23.4. The summed E-state index contributed by atoms with van der Waals surface area (Å²) in [5.41, 5.74) is 3.25. The molecule has 4 rings (SSSR count). The highest BCUT2D eigenvalue weighted by Gasteiger charge is 2.31. The van der Waals surface area contributed by atoms with Crippen molar-refractivity contribution < 1.29 is 9.13 Å². The Morgan fingerprint density at radius 3 is 1.81 bits per heavy atom. The molecular weight excluding hydrogens is 443 g/mol. The topological polar surface area (TPSA) is 9.23 Å². The van der Waals surface area contributed by atoms with Gasteiger partial charge in [-0.05, 0) is 130 Å². The van der Waals surface area contributed by atoms with E-state index in [0.29, 0.717) is 0 Å². The van der Waals surface area contributed by atoms with E-state index in [2.05, 4.69) is 24.3 Å². The third kappa shape index (κ3) is 8.57. The number of unbranched alkanes of at least 4 members (excludes halogenated alkanes) is 1. The Morgan fingerprint density at radius 1 is 0.667 bits per heavy atom. The Labute approximate surface area is 222 Å². The monoisotopic (exact) mass is 498 g/mol. The van der Waals surface area contributed by atoms with Crippen molar-refractivity contribution in [1.82, 2.24) is 0 Å². The van der Waals surface area contributed by atoms with Crippen molar-refractivity contribution in [3.63, 3.8) is 0 Å². The van der Waals surface area contributed by atoms with Crippen LogP contribution in [-0.2, 0) is 11.2 Å². The minimum absolute atomic E-state index is 0.116. The van der Waals surface area contributed by atoms with Crippen LogP contribution in [0.4, 0.5) is 4.39 Å². The maximum Gasteiger partial charge on any atom is 0.0894 e. The fourth-order valence-corrected chi connectivity index (χ4v) is 8.22. The molecule has 0 spiro atoms. The van der Waals surface area contributed by atoms with E-state index in [1.807, 2.05) is 7.11 Å². The zero-order chi connectivity index (χ0) is 25.0. The van der Waals surface area contributed by atoms with Crippen molar-refractivity contribution in [2.24, 2.45) is 29.6 Å². The van der Waals surface area contributed by atoms with Gasteiger partial charge in [0.15, 0.2) is 0 Å². The van der Waals surface area contributed by atoms with Crippen molar-refractivity contribution in [3.8, 4) is 0 Å². The number of aryl methyl sites for hydroxylation is 1. The molecule has 0 radical (unpaired) electrons. The summed E-state index contributed by atoms with van der Waals surface area (Å²) in [5.74, 6) is 5.61. The molecule has 0 unspecified atom stereocenters. The maximum atomic E-state index is 12.5. The smallest absolute Gasteiger partial charge is 0.0894 e. The van der Waals surface area contributed by atoms with E-state index < -0.39 is 0 Å². The van der Waals surface area contributed by atoms with Gasteiger partial charge in [0, 0.05) is 13.7 Å². The summed E-state index contributed by atoms with van der Waals surface area (Å²) in [7, 11) is 1.81. The van der Waals surface area contributed by atoms with Crippen molar-refractivity contribution in [3.05, 3.63) is 35.4 Å². The van der Waals surface area contributed by atoms with Gasteiger partial charge in [-0.3, -0.25) is 4.39 Å². The average molecular weight is 499 g/mol. The number of hydrogen-bond acceptors (Lipinski definition) is 1. The molecule has 0 aromatic heterocycles. The molecule has 3 saturated carbocycles. The average Bonchev–Trinajstić information content (AvgIpc) is 2.94. The fourth-order valence-electron chi connectivity index (χ4n) is 8.22. The van der Waals surface area contributed by atoms with E-state index in [1.54, 1.807) is 11.1 Å². The Hall–Kier alpha value is -0.890. The highest BCUT2D eigenvalue weighted by molar-refractivity contribution is 5.31. The normalized spacial score (nSPS) is 31.4. The van der Waals surface area contributed by atoms with Gasteiger partial charge in [0.05, 0.1) is 6.67 Å². The van der Waals surface area contributed by atoms with Gasteiger partial charge >= 0.3 is 0 Å². The Bertz CT molecular complexity index is 708. The standard InChI is InChI=1S/C34H55FO/c1-36-26-5-4-9-32-8-2-3-10-34(32)33-23-17-29(18-24-33)12-11-28-15-21-31(22-16-28)30-19-13-27(14-20-30)7-6-25-35/h2-3,8,10,27-31,33H,4-7,9,11-26H2,1H3/t27-,28?,29-,30-,31?,33-. The number of hydrogen-bond donors (Lipinski definition) is 0. The van der Waals surface area contributed by atoms with Crippen molar-refractivity contribution >= 4 is 0 Å². The van der Waals surface area contributed by atoms with Gasteiger partial charge in [-0.15, -0.1) is 0 Å². The van der Waals surface area contributed by atoms with Crippen molar-refractivity contribution in [2.75, 3.05) is 20.4 Å². The van der Waals surface area contributed by atoms with Crippen LogP contribution < -0.4 is 0 Å². The molecule has 0 atom stereocenters. The number of rotatable bonds is 13. The molecule has 1 aromatic carbocycles. The molecule has 0 amide bonds. The van der Waals surface area contributed by atoms with Crippen LogP contribution in [0.3, 0.4) is 0 Å². The van der Waals surface area contributed by atoms with Gasteiger partial charge in [-0.2, -0.15) is 0 Å². The molecule has 0 aliphatic heterocycles.